The van der Waals surface area contributed by atoms with Crippen LogP contribution in [0.2, 0.25) is 0 Å². The van der Waals surface area contributed by atoms with E-state index in [2.05, 4.69) is 22.6 Å². The Balaban J connectivity index is 2.17. The van der Waals surface area contributed by atoms with E-state index < -0.39 is 0 Å². The average molecular weight is 352 g/mol. The lowest BCUT2D eigenvalue weighted by Gasteiger charge is -1.97. The third kappa shape index (κ3) is 3.50. The fourth-order valence-electron chi connectivity index (χ4n) is 1.52. The van der Waals surface area contributed by atoms with Gasteiger partial charge in [-0.2, -0.15) is 0 Å². The van der Waals surface area contributed by atoms with Crippen molar-refractivity contribution in [2.45, 2.75) is 0 Å². The molecule has 0 aliphatic heterocycles. The molecule has 90 valence electrons. The molecule has 18 heavy (non-hydrogen) atoms. The Kier molecular flexibility index (Phi) is 4.25. The van der Waals surface area contributed by atoms with Crippen LogP contribution in [-0.4, -0.2) is 5.78 Å². The van der Waals surface area contributed by atoms with Crippen molar-refractivity contribution < 1.29 is 9.18 Å². The van der Waals surface area contributed by atoms with Crippen molar-refractivity contribution in [2.75, 3.05) is 0 Å². The second kappa shape index (κ2) is 5.91. The van der Waals surface area contributed by atoms with Crippen LogP contribution in [-0.2, 0) is 0 Å². The number of halogens is 2. The Morgan fingerprint density at radius 1 is 1.11 bits per heavy atom. The molecular formula is C15H10FIO. The van der Waals surface area contributed by atoms with E-state index in [0.29, 0.717) is 11.1 Å². The zero-order valence-corrected chi connectivity index (χ0v) is 11.6. The minimum Gasteiger partial charge on any atom is -0.289 e. The Bertz CT molecular complexity index is 605. The Morgan fingerprint density at radius 3 is 2.61 bits per heavy atom. The Hall–Kier alpha value is -1.49. The molecule has 0 N–H and O–H groups in total. The lowest BCUT2D eigenvalue weighted by atomic mass is 10.1. The molecule has 0 aliphatic carbocycles. The van der Waals surface area contributed by atoms with Crippen molar-refractivity contribution in [1.29, 1.82) is 0 Å². The molecule has 0 aromatic heterocycles. The molecule has 0 saturated heterocycles. The number of benzene rings is 2. The molecule has 0 saturated carbocycles. The summed E-state index contributed by atoms with van der Waals surface area (Å²) in [6.45, 7) is 0. The van der Waals surface area contributed by atoms with Crippen molar-refractivity contribution in [2.24, 2.45) is 0 Å². The highest BCUT2D eigenvalue weighted by Gasteiger charge is 2.01. The van der Waals surface area contributed by atoms with Gasteiger partial charge < -0.3 is 0 Å². The molecule has 0 fully saturated rings. The summed E-state index contributed by atoms with van der Waals surface area (Å²) in [6.07, 6.45) is 3.07. The van der Waals surface area contributed by atoms with E-state index in [4.69, 9.17) is 0 Å². The zero-order chi connectivity index (χ0) is 13.0. The van der Waals surface area contributed by atoms with Crippen LogP contribution in [0.5, 0.6) is 0 Å². The third-order valence-corrected chi connectivity index (χ3v) is 3.06. The highest BCUT2D eigenvalue weighted by atomic mass is 127. The first-order valence-electron chi connectivity index (χ1n) is 5.39. The molecule has 0 unspecified atom stereocenters. The lowest BCUT2D eigenvalue weighted by molar-refractivity contribution is 0.104. The van der Waals surface area contributed by atoms with Crippen LogP contribution in [0, 0.1) is 9.39 Å². The molecule has 2 aromatic rings. The normalized spacial score (nSPS) is 10.8. The molecule has 0 atom stereocenters. The van der Waals surface area contributed by atoms with Crippen LogP contribution in [0.25, 0.3) is 6.08 Å². The molecule has 1 nitrogen and oxygen atoms in total. The molecule has 0 heterocycles. The molecular weight excluding hydrogens is 342 g/mol. The highest BCUT2D eigenvalue weighted by Crippen LogP contribution is 2.10. The molecule has 0 radical (unpaired) electrons. The first-order chi connectivity index (χ1) is 8.65. The number of carbonyl (C=O) groups excluding carboxylic acids is 1. The molecule has 2 rings (SSSR count). The van der Waals surface area contributed by atoms with Gasteiger partial charge in [0.15, 0.2) is 5.78 Å². The maximum atomic E-state index is 12.9. The number of hydrogen-bond acceptors (Lipinski definition) is 1. The number of ketones is 1. The molecule has 3 heteroatoms. The van der Waals surface area contributed by atoms with Gasteiger partial charge in [-0.3, -0.25) is 4.79 Å². The fourth-order valence-corrected chi connectivity index (χ4v) is 2.06. The van der Waals surface area contributed by atoms with Crippen molar-refractivity contribution >= 4 is 34.5 Å². The summed E-state index contributed by atoms with van der Waals surface area (Å²) in [5.41, 5.74) is 1.31. The summed E-state index contributed by atoms with van der Waals surface area (Å²) in [4.78, 5) is 11.9. The second-order valence-corrected chi connectivity index (χ2v) is 5.01. The van der Waals surface area contributed by atoms with Gasteiger partial charge in [-0.25, -0.2) is 4.39 Å². The summed E-state index contributed by atoms with van der Waals surface area (Å²) in [5.74, 6) is -0.392. The molecule has 0 spiro atoms. The van der Waals surface area contributed by atoms with Crippen LogP contribution >= 0.6 is 22.6 Å². The van der Waals surface area contributed by atoms with E-state index in [-0.39, 0.29) is 11.6 Å². The lowest BCUT2D eigenvalue weighted by Crippen LogP contribution is -1.94. The summed E-state index contributed by atoms with van der Waals surface area (Å²) in [7, 11) is 0. The Labute approximate surface area is 118 Å². The van der Waals surface area contributed by atoms with E-state index in [1.807, 2.05) is 18.2 Å². The van der Waals surface area contributed by atoms with Crippen LogP contribution < -0.4 is 0 Å². The number of carbonyl (C=O) groups is 1. The maximum absolute atomic E-state index is 12.9. The standard InChI is InChI=1S/C15H10FIO/c16-13-5-1-3-11(9-13)7-8-15(18)12-4-2-6-14(17)10-12/h1-10H. The third-order valence-electron chi connectivity index (χ3n) is 2.38. The van der Waals surface area contributed by atoms with Gasteiger partial charge in [0, 0.05) is 9.13 Å². The molecule has 0 aliphatic rings. The zero-order valence-electron chi connectivity index (χ0n) is 9.44. The summed E-state index contributed by atoms with van der Waals surface area (Å²) in [6, 6.07) is 13.5. The predicted molar refractivity (Wildman–Crippen MR) is 78.9 cm³/mol. The maximum Gasteiger partial charge on any atom is 0.185 e. The minimum atomic E-state index is -0.307. The topological polar surface area (TPSA) is 17.1 Å². The molecule has 2 aromatic carbocycles. The van der Waals surface area contributed by atoms with Crippen molar-refractivity contribution in [3.63, 3.8) is 0 Å². The first kappa shape index (κ1) is 13.0. The monoisotopic (exact) mass is 352 g/mol. The van der Waals surface area contributed by atoms with Gasteiger partial charge in [0.25, 0.3) is 0 Å². The average Bonchev–Trinajstić information content (AvgIpc) is 2.36. The fraction of sp³-hybridized carbons (Fsp3) is 0. The number of rotatable bonds is 3. The van der Waals surface area contributed by atoms with E-state index in [0.717, 1.165) is 3.57 Å². The largest absolute Gasteiger partial charge is 0.289 e. The van der Waals surface area contributed by atoms with Crippen molar-refractivity contribution in [3.05, 3.63) is 75.1 Å². The van der Waals surface area contributed by atoms with Crippen LogP contribution in [0.15, 0.2) is 54.6 Å². The summed E-state index contributed by atoms with van der Waals surface area (Å²) >= 11 is 2.16. The van der Waals surface area contributed by atoms with Gasteiger partial charge >= 0.3 is 0 Å². The van der Waals surface area contributed by atoms with Crippen LogP contribution in [0.4, 0.5) is 4.39 Å². The quantitative estimate of drug-likeness (QED) is 0.457. The van der Waals surface area contributed by atoms with Gasteiger partial charge in [0.05, 0.1) is 0 Å². The predicted octanol–water partition coefficient (Wildman–Crippen LogP) is 4.33. The van der Waals surface area contributed by atoms with Crippen molar-refractivity contribution in [1.82, 2.24) is 0 Å². The highest BCUT2D eigenvalue weighted by molar-refractivity contribution is 14.1. The number of hydrogen-bond donors (Lipinski definition) is 0. The van der Waals surface area contributed by atoms with Gasteiger partial charge in [-0.05, 0) is 58.5 Å². The molecule has 0 amide bonds. The van der Waals surface area contributed by atoms with E-state index in [1.165, 1.54) is 18.2 Å². The summed E-state index contributed by atoms with van der Waals surface area (Å²) in [5, 5.41) is 0. The van der Waals surface area contributed by atoms with Gasteiger partial charge in [0.2, 0.25) is 0 Å². The van der Waals surface area contributed by atoms with Crippen LogP contribution in [0.3, 0.4) is 0 Å². The smallest absolute Gasteiger partial charge is 0.185 e. The van der Waals surface area contributed by atoms with Gasteiger partial charge in [-0.15, -0.1) is 0 Å². The van der Waals surface area contributed by atoms with Gasteiger partial charge in [0.1, 0.15) is 5.82 Å². The number of allylic oxidation sites excluding steroid dienone is 1. The Morgan fingerprint density at radius 2 is 1.89 bits per heavy atom. The van der Waals surface area contributed by atoms with Gasteiger partial charge in [-0.1, -0.05) is 30.3 Å². The molecule has 0 bridgehead atoms. The summed E-state index contributed by atoms with van der Waals surface area (Å²) < 4.78 is 14.0. The minimum absolute atomic E-state index is 0.0854. The van der Waals surface area contributed by atoms with E-state index in [9.17, 15) is 9.18 Å². The SMILES string of the molecule is O=C(C=Cc1cccc(F)c1)c1cccc(I)c1. The second-order valence-electron chi connectivity index (χ2n) is 3.76. The van der Waals surface area contributed by atoms with E-state index in [1.54, 1.807) is 24.3 Å². The van der Waals surface area contributed by atoms with Crippen molar-refractivity contribution in [3.8, 4) is 0 Å². The first-order valence-corrected chi connectivity index (χ1v) is 6.46. The van der Waals surface area contributed by atoms with Crippen LogP contribution in [0.1, 0.15) is 15.9 Å². The van der Waals surface area contributed by atoms with E-state index >= 15 is 0 Å².